The number of piperazine rings is 1. The Morgan fingerprint density at radius 1 is 1.03 bits per heavy atom. The summed E-state index contributed by atoms with van der Waals surface area (Å²) in [6.45, 7) is 2.70. The minimum absolute atomic E-state index is 0.0775. The van der Waals surface area contributed by atoms with Gasteiger partial charge >= 0.3 is 0 Å². The molecule has 0 radical (unpaired) electrons. The molecule has 5 nitrogen and oxygen atoms in total. The lowest BCUT2D eigenvalue weighted by Crippen LogP contribution is -2.51. The van der Waals surface area contributed by atoms with E-state index < -0.39 is 0 Å². The van der Waals surface area contributed by atoms with Crippen LogP contribution in [0.1, 0.15) is 37.9 Å². The number of nitrogens with zero attached hydrogens (tertiary/aromatic N) is 4. The molecule has 1 saturated carbocycles. The van der Waals surface area contributed by atoms with Crippen molar-refractivity contribution in [2.75, 3.05) is 38.6 Å². The van der Waals surface area contributed by atoms with Crippen LogP contribution in [0.2, 0.25) is 5.02 Å². The minimum atomic E-state index is -0.352. The Bertz CT molecular complexity index is 1530. The van der Waals surface area contributed by atoms with E-state index in [1.165, 1.54) is 12.8 Å². The molecular formula is C31H33ClFN5. The Morgan fingerprint density at radius 2 is 1.76 bits per heavy atom. The molecule has 4 aromatic rings. The van der Waals surface area contributed by atoms with Crippen molar-refractivity contribution in [2.45, 2.75) is 49.6 Å². The lowest BCUT2D eigenvalue weighted by atomic mass is 9.96. The molecule has 0 spiro atoms. The maximum Gasteiger partial charge on any atom is 0.158 e. The summed E-state index contributed by atoms with van der Waals surface area (Å²) in [6, 6.07) is 16.8. The van der Waals surface area contributed by atoms with Crippen LogP contribution in [0.5, 0.6) is 0 Å². The van der Waals surface area contributed by atoms with Crippen LogP contribution in [-0.4, -0.2) is 60.7 Å². The molecule has 3 heterocycles. The van der Waals surface area contributed by atoms with Crippen molar-refractivity contribution < 1.29 is 4.39 Å². The molecule has 2 unspecified atom stereocenters. The normalized spacial score (nSPS) is 22.1. The molecule has 2 aliphatic heterocycles. The van der Waals surface area contributed by atoms with E-state index in [0.29, 0.717) is 33.6 Å². The Morgan fingerprint density at radius 3 is 2.50 bits per heavy atom. The quantitative estimate of drug-likeness (QED) is 0.324. The largest absolute Gasteiger partial charge is 0.353 e. The van der Waals surface area contributed by atoms with E-state index in [4.69, 9.17) is 21.6 Å². The third kappa shape index (κ3) is 4.05. The highest BCUT2D eigenvalue weighted by Gasteiger charge is 2.47. The number of nitrogens with one attached hydrogen (secondary N) is 1. The van der Waals surface area contributed by atoms with Crippen LogP contribution in [0.15, 0.2) is 48.5 Å². The van der Waals surface area contributed by atoms with Crippen molar-refractivity contribution in [3.63, 3.8) is 0 Å². The van der Waals surface area contributed by atoms with Gasteiger partial charge < -0.3 is 15.1 Å². The highest BCUT2D eigenvalue weighted by Crippen LogP contribution is 2.51. The van der Waals surface area contributed by atoms with Crippen LogP contribution in [0, 0.1) is 5.82 Å². The first-order valence-corrected chi connectivity index (χ1v) is 14.1. The van der Waals surface area contributed by atoms with Crippen molar-refractivity contribution in [1.29, 1.82) is 0 Å². The minimum Gasteiger partial charge on any atom is -0.353 e. The summed E-state index contributed by atoms with van der Waals surface area (Å²) in [5, 5.41) is 6.86. The number of benzene rings is 3. The summed E-state index contributed by atoms with van der Waals surface area (Å²) < 4.78 is 16.7. The van der Waals surface area contributed by atoms with Gasteiger partial charge in [0.25, 0.3) is 0 Å². The average Bonchev–Trinajstić information content (AvgIpc) is 3.64. The molecule has 3 aliphatic rings. The zero-order valence-corrected chi connectivity index (χ0v) is 22.7. The molecule has 3 aromatic carbocycles. The van der Waals surface area contributed by atoms with E-state index >= 15 is 4.39 Å². The van der Waals surface area contributed by atoms with Gasteiger partial charge in [0.2, 0.25) is 0 Å². The maximum absolute atomic E-state index is 16.7. The van der Waals surface area contributed by atoms with Gasteiger partial charge in [-0.2, -0.15) is 0 Å². The zero-order chi connectivity index (χ0) is 26.0. The summed E-state index contributed by atoms with van der Waals surface area (Å²) in [5.74, 6) is 1.28. The van der Waals surface area contributed by atoms with Crippen molar-refractivity contribution in [3.8, 4) is 11.1 Å². The van der Waals surface area contributed by atoms with E-state index in [-0.39, 0.29) is 11.2 Å². The molecule has 0 amide bonds. The third-order valence-electron chi connectivity index (χ3n) is 8.80. The molecule has 1 aliphatic carbocycles. The van der Waals surface area contributed by atoms with E-state index in [1.54, 1.807) is 0 Å². The SMILES string of the molecule is CN(C)CCC1(c2nc(N3CC4CCC(C3)N4)c3cc(Cl)c(-c4cccc5ccccc45)c(F)c3n2)CC1. The third-order valence-corrected chi connectivity index (χ3v) is 9.10. The number of aromatic nitrogens is 2. The van der Waals surface area contributed by atoms with Gasteiger partial charge in [0.15, 0.2) is 5.82 Å². The van der Waals surface area contributed by atoms with Gasteiger partial charge in [0.05, 0.1) is 5.02 Å². The summed E-state index contributed by atoms with van der Waals surface area (Å²) in [5.41, 5.74) is 1.53. The second-order valence-electron chi connectivity index (χ2n) is 11.7. The standard InChI is InChI=1S/C31H33ClFN5/c1-37(2)15-14-31(12-13-31)30-35-28-24(29(36-30)38-17-20-10-11-21(18-38)34-20)16-25(32)26(27(28)33)23-9-5-7-19-6-3-4-8-22(19)23/h3-9,16,20-21,34H,10-15,17-18H2,1-2H3. The van der Waals surface area contributed by atoms with Gasteiger partial charge in [-0.1, -0.05) is 54.1 Å². The summed E-state index contributed by atoms with van der Waals surface area (Å²) in [4.78, 5) is 14.8. The van der Waals surface area contributed by atoms with E-state index in [0.717, 1.165) is 66.9 Å². The van der Waals surface area contributed by atoms with Crippen molar-refractivity contribution in [2.24, 2.45) is 0 Å². The Hall–Kier alpha value is -2.80. The second-order valence-corrected chi connectivity index (χ2v) is 12.1. The molecular weight excluding hydrogens is 497 g/mol. The lowest BCUT2D eigenvalue weighted by Gasteiger charge is -2.35. The van der Waals surface area contributed by atoms with Gasteiger partial charge in [-0.05, 0) is 75.1 Å². The number of halogens is 2. The van der Waals surface area contributed by atoms with Crippen LogP contribution in [0.25, 0.3) is 32.8 Å². The topological polar surface area (TPSA) is 44.3 Å². The molecule has 7 heteroatoms. The first kappa shape index (κ1) is 24.3. The monoisotopic (exact) mass is 529 g/mol. The molecule has 7 rings (SSSR count). The zero-order valence-electron chi connectivity index (χ0n) is 22.0. The van der Waals surface area contributed by atoms with Crippen LogP contribution in [0.3, 0.4) is 0 Å². The van der Waals surface area contributed by atoms with Crippen LogP contribution in [0.4, 0.5) is 10.2 Å². The number of anilines is 1. The molecule has 196 valence electrons. The fourth-order valence-electron chi connectivity index (χ4n) is 6.49. The number of rotatable bonds is 6. The fourth-order valence-corrected chi connectivity index (χ4v) is 6.79. The summed E-state index contributed by atoms with van der Waals surface area (Å²) >= 11 is 6.92. The Labute approximate surface area is 228 Å². The number of fused-ring (bicyclic) bond motifs is 4. The predicted octanol–water partition coefficient (Wildman–Crippen LogP) is 6.17. The molecule has 2 bridgehead atoms. The molecule has 1 N–H and O–H groups in total. The van der Waals surface area contributed by atoms with Gasteiger partial charge in [-0.15, -0.1) is 0 Å². The lowest BCUT2D eigenvalue weighted by molar-refractivity contribution is 0.370. The van der Waals surface area contributed by atoms with Crippen LogP contribution in [-0.2, 0) is 5.41 Å². The highest BCUT2D eigenvalue weighted by molar-refractivity contribution is 6.35. The molecule has 3 fully saturated rings. The van der Waals surface area contributed by atoms with Gasteiger partial charge in [0.1, 0.15) is 17.2 Å². The Balaban J connectivity index is 1.44. The van der Waals surface area contributed by atoms with Crippen LogP contribution >= 0.6 is 11.6 Å². The maximum atomic E-state index is 16.7. The van der Waals surface area contributed by atoms with Crippen molar-refractivity contribution in [1.82, 2.24) is 20.2 Å². The van der Waals surface area contributed by atoms with E-state index in [1.807, 2.05) is 48.5 Å². The molecule has 1 aromatic heterocycles. The van der Waals surface area contributed by atoms with E-state index in [9.17, 15) is 0 Å². The first-order valence-electron chi connectivity index (χ1n) is 13.8. The van der Waals surface area contributed by atoms with Gasteiger partial charge in [-0.3, -0.25) is 0 Å². The number of hydrogen-bond acceptors (Lipinski definition) is 5. The fraction of sp³-hybridized carbons (Fsp3) is 0.419. The Kier molecular flexibility index (Phi) is 5.84. The summed E-state index contributed by atoms with van der Waals surface area (Å²) in [6.07, 6.45) is 5.41. The van der Waals surface area contributed by atoms with Gasteiger partial charge in [0, 0.05) is 41.5 Å². The molecule has 2 saturated heterocycles. The summed E-state index contributed by atoms with van der Waals surface area (Å²) in [7, 11) is 4.19. The first-order chi connectivity index (χ1) is 18.4. The van der Waals surface area contributed by atoms with E-state index in [2.05, 4.69) is 29.2 Å². The molecule has 2 atom stereocenters. The average molecular weight is 530 g/mol. The predicted molar refractivity (Wildman–Crippen MR) is 154 cm³/mol. The van der Waals surface area contributed by atoms with Crippen molar-refractivity contribution in [3.05, 3.63) is 65.2 Å². The number of hydrogen-bond donors (Lipinski definition) is 1. The van der Waals surface area contributed by atoms with Crippen molar-refractivity contribution >= 4 is 39.1 Å². The van der Waals surface area contributed by atoms with Crippen LogP contribution < -0.4 is 10.2 Å². The second kappa shape index (κ2) is 9.15. The van der Waals surface area contributed by atoms with Gasteiger partial charge in [-0.25, -0.2) is 14.4 Å². The molecule has 38 heavy (non-hydrogen) atoms. The smallest absolute Gasteiger partial charge is 0.158 e. The highest BCUT2D eigenvalue weighted by atomic mass is 35.5.